The molecule has 114 valence electrons. The Morgan fingerprint density at radius 3 is 2.35 bits per heavy atom. The van der Waals surface area contributed by atoms with E-state index in [0.717, 1.165) is 36.9 Å². The molecule has 0 aliphatic rings. The third kappa shape index (κ3) is 5.19. The lowest BCUT2D eigenvalue weighted by Crippen LogP contribution is -2.51. The molecule has 1 aromatic rings. The molecule has 1 aromatic carbocycles. The molecule has 0 fully saturated rings. The van der Waals surface area contributed by atoms with E-state index in [2.05, 4.69) is 73.2 Å². The highest BCUT2D eigenvalue weighted by atomic mass is 79.9. The molecule has 0 spiro atoms. The lowest BCUT2D eigenvalue weighted by Gasteiger charge is -2.37. The van der Waals surface area contributed by atoms with Gasteiger partial charge in [-0.25, -0.2) is 0 Å². The predicted octanol–water partition coefficient (Wildman–Crippen LogP) is 4.57. The van der Waals surface area contributed by atoms with E-state index in [1.54, 1.807) is 0 Å². The van der Waals surface area contributed by atoms with Crippen molar-refractivity contribution in [2.75, 3.05) is 13.2 Å². The SMILES string of the molecule is CCCNC(Cc1ccc(Br)cc1)C(C)(CC)OCC. The van der Waals surface area contributed by atoms with E-state index in [0.29, 0.717) is 6.04 Å². The van der Waals surface area contributed by atoms with Crippen molar-refractivity contribution in [3.63, 3.8) is 0 Å². The summed E-state index contributed by atoms with van der Waals surface area (Å²) in [7, 11) is 0. The lowest BCUT2D eigenvalue weighted by atomic mass is 9.88. The molecule has 0 radical (unpaired) electrons. The normalized spacial score (nSPS) is 15.8. The van der Waals surface area contributed by atoms with Gasteiger partial charge in [0.15, 0.2) is 0 Å². The molecule has 0 aliphatic heterocycles. The maximum absolute atomic E-state index is 6.06. The third-order valence-electron chi connectivity index (χ3n) is 3.91. The van der Waals surface area contributed by atoms with Gasteiger partial charge in [0.05, 0.1) is 5.60 Å². The highest BCUT2D eigenvalue weighted by Crippen LogP contribution is 2.24. The predicted molar refractivity (Wildman–Crippen MR) is 90.2 cm³/mol. The number of halogens is 1. The van der Waals surface area contributed by atoms with Crippen LogP contribution in [0.4, 0.5) is 0 Å². The molecule has 1 N–H and O–H groups in total. The van der Waals surface area contributed by atoms with Crippen molar-refractivity contribution in [2.24, 2.45) is 0 Å². The van der Waals surface area contributed by atoms with Gasteiger partial charge in [-0.15, -0.1) is 0 Å². The number of rotatable bonds is 9. The molecule has 0 heterocycles. The fourth-order valence-corrected chi connectivity index (χ4v) is 2.72. The number of hydrogen-bond donors (Lipinski definition) is 1. The van der Waals surface area contributed by atoms with Crippen LogP contribution in [0.1, 0.15) is 46.1 Å². The average molecular weight is 342 g/mol. The Hall–Kier alpha value is -0.380. The number of hydrogen-bond acceptors (Lipinski definition) is 2. The Kier molecular flexibility index (Phi) is 7.78. The Balaban J connectivity index is 2.84. The molecule has 2 nitrogen and oxygen atoms in total. The van der Waals surface area contributed by atoms with Gasteiger partial charge in [0.25, 0.3) is 0 Å². The molecule has 0 bridgehead atoms. The van der Waals surface area contributed by atoms with Crippen molar-refractivity contribution in [1.82, 2.24) is 5.32 Å². The highest BCUT2D eigenvalue weighted by Gasteiger charge is 2.32. The van der Waals surface area contributed by atoms with Gasteiger partial charge in [0.2, 0.25) is 0 Å². The van der Waals surface area contributed by atoms with Gasteiger partial charge >= 0.3 is 0 Å². The van der Waals surface area contributed by atoms with Crippen LogP contribution in [0, 0.1) is 0 Å². The van der Waals surface area contributed by atoms with Crippen LogP contribution in [0.3, 0.4) is 0 Å². The number of benzene rings is 1. The first-order valence-electron chi connectivity index (χ1n) is 7.67. The van der Waals surface area contributed by atoms with Gasteiger partial charge in [-0.2, -0.15) is 0 Å². The van der Waals surface area contributed by atoms with E-state index in [4.69, 9.17) is 4.74 Å². The summed E-state index contributed by atoms with van der Waals surface area (Å²) in [5.74, 6) is 0. The second-order valence-electron chi connectivity index (χ2n) is 5.44. The van der Waals surface area contributed by atoms with Gasteiger partial charge in [-0.1, -0.05) is 41.9 Å². The molecule has 0 saturated carbocycles. The molecule has 3 heteroatoms. The van der Waals surface area contributed by atoms with Crippen LogP contribution < -0.4 is 5.32 Å². The van der Waals surface area contributed by atoms with Crippen molar-refractivity contribution >= 4 is 15.9 Å². The molecule has 0 saturated heterocycles. The monoisotopic (exact) mass is 341 g/mol. The van der Waals surface area contributed by atoms with Crippen molar-refractivity contribution < 1.29 is 4.74 Å². The summed E-state index contributed by atoms with van der Waals surface area (Å²) in [6.45, 7) is 10.5. The van der Waals surface area contributed by atoms with E-state index in [1.807, 2.05) is 0 Å². The summed E-state index contributed by atoms with van der Waals surface area (Å²) in [5, 5.41) is 3.67. The largest absolute Gasteiger partial charge is 0.374 e. The van der Waals surface area contributed by atoms with Gasteiger partial charge in [0, 0.05) is 17.1 Å². The molecule has 0 aliphatic carbocycles. The molecule has 2 unspecified atom stereocenters. The van der Waals surface area contributed by atoms with E-state index in [1.165, 1.54) is 5.56 Å². The van der Waals surface area contributed by atoms with Crippen LogP contribution in [0.2, 0.25) is 0 Å². The topological polar surface area (TPSA) is 21.3 Å². The minimum absolute atomic E-state index is 0.114. The van der Waals surface area contributed by atoms with E-state index >= 15 is 0 Å². The van der Waals surface area contributed by atoms with Gasteiger partial charge in [-0.05, 0) is 57.4 Å². The van der Waals surface area contributed by atoms with Crippen LogP contribution in [0.5, 0.6) is 0 Å². The third-order valence-corrected chi connectivity index (χ3v) is 4.44. The maximum Gasteiger partial charge on any atom is 0.0807 e. The highest BCUT2D eigenvalue weighted by molar-refractivity contribution is 9.10. The Morgan fingerprint density at radius 1 is 1.20 bits per heavy atom. The minimum Gasteiger partial charge on any atom is -0.374 e. The lowest BCUT2D eigenvalue weighted by molar-refractivity contribution is -0.0549. The van der Waals surface area contributed by atoms with Gasteiger partial charge in [0.1, 0.15) is 0 Å². The Morgan fingerprint density at radius 2 is 1.85 bits per heavy atom. The standard InChI is InChI=1S/C17H28BrNO/c1-5-12-19-16(17(4,6-2)20-7-3)13-14-8-10-15(18)11-9-14/h8-11,16,19H,5-7,12-13H2,1-4H3. The molecule has 20 heavy (non-hydrogen) atoms. The maximum atomic E-state index is 6.06. The summed E-state index contributed by atoms with van der Waals surface area (Å²) in [6.07, 6.45) is 3.15. The van der Waals surface area contributed by atoms with Crippen molar-refractivity contribution in [3.8, 4) is 0 Å². The van der Waals surface area contributed by atoms with Crippen LogP contribution in [-0.4, -0.2) is 24.8 Å². The first-order valence-corrected chi connectivity index (χ1v) is 8.46. The molecule has 1 rings (SSSR count). The molecular formula is C17H28BrNO. The number of nitrogens with one attached hydrogen (secondary N) is 1. The summed E-state index contributed by atoms with van der Waals surface area (Å²) in [5.41, 5.74) is 1.23. The van der Waals surface area contributed by atoms with Crippen molar-refractivity contribution in [1.29, 1.82) is 0 Å². The van der Waals surface area contributed by atoms with Gasteiger partial charge < -0.3 is 10.1 Å². The summed E-state index contributed by atoms with van der Waals surface area (Å²) in [6, 6.07) is 8.93. The average Bonchev–Trinajstić information content (AvgIpc) is 2.45. The first kappa shape index (κ1) is 17.7. The quantitative estimate of drug-likeness (QED) is 0.710. The zero-order valence-electron chi connectivity index (χ0n) is 13.2. The smallest absolute Gasteiger partial charge is 0.0807 e. The Bertz CT molecular complexity index is 379. The summed E-state index contributed by atoms with van der Waals surface area (Å²) in [4.78, 5) is 0. The number of ether oxygens (including phenoxy) is 1. The summed E-state index contributed by atoms with van der Waals surface area (Å²) < 4.78 is 7.19. The van der Waals surface area contributed by atoms with Crippen molar-refractivity contribution in [2.45, 2.75) is 58.6 Å². The molecular weight excluding hydrogens is 314 g/mol. The van der Waals surface area contributed by atoms with Crippen LogP contribution >= 0.6 is 15.9 Å². The van der Waals surface area contributed by atoms with Crippen LogP contribution in [0.25, 0.3) is 0 Å². The second kappa shape index (κ2) is 8.81. The zero-order chi connectivity index (χ0) is 15.0. The molecule has 0 amide bonds. The fraction of sp³-hybridized carbons (Fsp3) is 0.647. The van der Waals surface area contributed by atoms with E-state index in [9.17, 15) is 0 Å². The molecule has 2 atom stereocenters. The van der Waals surface area contributed by atoms with E-state index < -0.39 is 0 Å². The minimum atomic E-state index is -0.114. The van der Waals surface area contributed by atoms with Crippen LogP contribution in [-0.2, 0) is 11.2 Å². The van der Waals surface area contributed by atoms with E-state index in [-0.39, 0.29) is 5.60 Å². The Labute approximate surface area is 132 Å². The van der Waals surface area contributed by atoms with Crippen LogP contribution in [0.15, 0.2) is 28.7 Å². The van der Waals surface area contributed by atoms with Crippen molar-refractivity contribution in [3.05, 3.63) is 34.3 Å². The first-order chi connectivity index (χ1) is 9.55. The fourth-order valence-electron chi connectivity index (χ4n) is 2.46. The second-order valence-corrected chi connectivity index (χ2v) is 6.35. The molecule has 0 aromatic heterocycles. The zero-order valence-corrected chi connectivity index (χ0v) is 14.8. The summed E-state index contributed by atoms with van der Waals surface area (Å²) >= 11 is 3.49. The van der Waals surface area contributed by atoms with Gasteiger partial charge in [-0.3, -0.25) is 0 Å².